The summed E-state index contributed by atoms with van der Waals surface area (Å²) in [6.45, 7) is 5.99. The van der Waals surface area contributed by atoms with Crippen molar-refractivity contribution in [2.75, 3.05) is 39.3 Å². The van der Waals surface area contributed by atoms with Crippen molar-refractivity contribution in [2.45, 2.75) is 52.0 Å². The molecule has 2 saturated heterocycles. The minimum atomic E-state index is -0.105. The van der Waals surface area contributed by atoms with Crippen LogP contribution in [0.5, 0.6) is 0 Å². The molecule has 0 spiro atoms. The van der Waals surface area contributed by atoms with Crippen LogP contribution in [0.25, 0.3) is 0 Å². The minimum absolute atomic E-state index is 0.0386. The molecule has 3 amide bonds. The number of hydrogen-bond acceptors (Lipinski definition) is 4. The number of hydrogen-bond donors (Lipinski definition) is 0. The van der Waals surface area contributed by atoms with Crippen LogP contribution in [0.4, 0.5) is 0 Å². The second kappa shape index (κ2) is 7.93. The molecule has 8 heteroatoms. The molecule has 1 aromatic rings. The van der Waals surface area contributed by atoms with E-state index in [9.17, 15) is 14.4 Å². The summed E-state index contributed by atoms with van der Waals surface area (Å²) in [4.78, 5) is 47.8. The number of amides is 3. The fourth-order valence-electron chi connectivity index (χ4n) is 4.49. The third-order valence-electron chi connectivity index (χ3n) is 6.17. The number of nitrogens with zero attached hydrogens (tertiary/aromatic N) is 5. The van der Waals surface area contributed by atoms with Gasteiger partial charge in [-0.2, -0.15) is 0 Å². The quantitative estimate of drug-likeness (QED) is 0.763. The molecule has 3 aliphatic rings. The Kier molecular flexibility index (Phi) is 5.37. The summed E-state index contributed by atoms with van der Waals surface area (Å²) in [5.74, 6) is 0.332. The predicted octanol–water partition coefficient (Wildman–Crippen LogP) is 1.15. The number of rotatable bonds is 2. The highest BCUT2D eigenvalue weighted by molar-refractivity contribution is 5.97. The molecule has 0 atom stereocenters. The highest BCUT2D eigenvalue weighted by Gasteiger charge is 2.33. The monoisotopic (exact) mass is 387 g/mol. The largest absolute Gasteiger partial charge is 0.339 e. The van der Waals surface area contributed by atoms with Gasteiger partial charge in [0.15, 0.2) is 5.82 Å². The van der Waals surface area contributed by atoms with E-state index in [0.717, 1.165) is 57.4 Å². The fraction of sp³-hybridized carbons (Fsp3) is 0.700. The van der Waals surface area contributed by atoms with E-state index in [0.29, 0.717) is 37.7 Å². The van der Waals surface area contributed by atoms with Gasteiger partial charge in [-0.1, -0.05) is 0 Å². The molecule has 0 bridgehead atoms. The number of aromatic nitrogens is 2. The van der Waals surface area contributed by atoms with Crippen molar-refractivity contribution in [1.29, 1.82) is 0 Å². The van der Waals surface area contributed by atoms with Gasteiger partial charge in [0.05, 0.1) is 5.69 Å². The maximum atomic E-state index is 13.2. The zero-order chi connectivity index (χ0) is 19.7. The Bertz CT molecular complexity index is 773. The summed E-state index contributed by atoms with van der Waals surface area (Å²) >= 11 is 0. The van der Waals surface area contributed by atoms with Crippen LogP contribution >= 0.6 is 0 Å². The van der Waals surface area contributed by atoms with E-state index in [1.165, 1.54) is 6.42 Å². The zero-order valence-electron chi connectivity index (χ0n) is 16.7. The van der Waals surface area contributed by atoms with Crippen molar-refractivity contribution in [3.05, 3.63) is 17.2 Å². The molecular formula is C20H29N5O3. The van der Waals surface area contributed by atoms with E-state index in [-0.39, 0.29) is 17.7 Å². The normalized spacial score (nSPS) is 20.1. The van der Waals surface area contributed by atoms with Crippen LogP contribution in [-0.2, 0) is 17.8 Å². The van der Waals surface area contributed by atoms with Crippen LogP contribution < -0.4 is 0 Å². The first-order valence-corrected chi connectivity index (χ1v) is 10.5. The average molecular weight is 387 g/mol. The number of carbonyl (C=O) groups excluding carboxylic acids is 3. The number of imidazole rings is 1. The molecule has 4 rings (SSSR count). The van der Waals surface area contributed by atoms with Crippen LogP contribution in [-0.4, -0.2) is 81.2 Å². The van der Waals surface area contributed by atoms with Crippen LogP contribution in [0.1, 0.15) is 65.8 Å². The van der Waals surface area contributed by atoms with Gasteiger partial charge in [-0.3, -0.25) is 14.4 Å². The van der Waals surface area contributed by atoms with Gasteiger partial charge in [0, 0.05) is 52.7 Å². The lowest BCUT2D eigenvalue weighted by Crippen LogP contribution is -2.50. The molecule has 1 aromatic heterocycles. The first kappa shape index (κ1) is 19.0. The van der Waals surface area contributed by atoms with E-state index in [1.807, 2.05) is 9.47 Å². The predicted molar refractivity (Wildman–Crippen MR) is 103 cm³/mol. The zero-order valence-corrected chi connectivity index (χ0v) is 16.7. The molecular weight excluding hydrogens is 358 g/mol. The van der Waals surface area contributed by atoms with Gasteiger partial charge in [-0.05, 0) is 38.5 Å². The molecule has 0 aromatic carbocycles. The Morgan fingerprint density at radius 1 is 0.714 bits per heavy atom. The SMILES string of the molecule is CC(=O)N1CCN(C(=O)c2nc(C(=O)N3CCCCC3)n3c2CCCC3)CC1. The van der Waals surface area contributed by atoms with Gasteiger partial charge in [-0.15, -0.1) is 0 Å². The Morgan fingerprint density at radius 3 is 2.00 bits per heavy atom. The van der Waals surface area contributed by atoms with Crippen molar-refractivity contribution < 1.29 is 14.4 Å². The van der Waals surface area contributed by atoms with Gasteiger partial charge >= 0.3 is 0 Å². The summed E-state index contributed by atoms with van der Waals surface area (Å²) in [6, 6.07) is 0. The van der Waals surface area contributed by atoms with Crippen molar-refractivity contribution in [3.8, 4) is 0 Å². The van der Waals surface area contributed by atoms with Gasteiger partial charge in [0.25, 0.3) is 11.8 Å². The van der Waals surface area contributed by atoms with E-state index in [2.05, 4.69) is 4.98 Å². The van der Waals surface area contributed by atoms with Crippen LogP contribution in [0, 0.1) is 0 Å². The second-order valence-corrected chi connectivity index (χ2v) is 7.99. The molecule has 4 heterocycles. The molecule has 0 saturated carbocycles. The van der Waals surface area contributed by atoms with Gasteiger partial charge in [0.1, 0.15) is 5.69 Å². The van der Waals surface area contributed by atoms with Crippen molar-refractivity contribution in [1.82, 2.24) is 24.3 Å². The van der Waals surface area contributed by atoms with E-state index in [4.69, 9.17) is 0 Å². The number of piperazine rings is 1. The maximum Gasteiger partial charge on any atom is 0.289 e. The second-order valence-electron chi connectivity index (χ2n) is 7.99. The smallest absolute Gasteiger partial charge is 0.289 e. The van der Waals surface area contributed by atoms with E-state index < -0.39 is 0 Å². The summed E-state index contributed by atoms with van der Waals surface area (Å²) in [6.07, 6.45) is 6.04. The lowest BCUT2D eigenvalue weighted by atomic mass is 10.1. The third kappa shape index (κ3) is 3.52. The van der Waals surface area contributed by atoms with Crippen molar-refractivity contribution in [3.63, 3.8) is 0 Å². The average Bonchev–Trinajstić information content (AvgIpc) is 3.13. The van der Waals surface area contributed by atoms with E-state index >= 15 is 0 Å². The van der Waals surface area contributed by atoms with Crippen LogP contribution in [0.15, 0.2) is 0 Å². The topological polar surface area (TPSA) is 78.8 Å². The van der Waals surface area contributed by atoms with Crippen LogP contribution in [0.3, 0.4) is 0 Å². The maximum absolute atomic E-state index is 13.2. The van der Waals surface area contributed by atoms with E-state index in [1.54, 1.807) is 16.7 Å². The Morgan fingerprint density at radius 2 is 1.32 bits per heavy atom. The Hall–Kier alpha value is -2.38. The van der Waals surface area contributed by atoms with Crippen molar-refractivity contribution >= 4 is 17.7 Å². The first-order valence-electron chi connectivity index (χ1n) is 10.5. The number of likely N-dealkylation sites (tertiary alicyclic amines) is 1. The molecule has 0 unspecified atom stereocenters. The van der Waals surface area contributed by atoms with Gasteiger partial charge < -0.3 is 19.3 Å². The lowest BCUT2D eigenvalue weighted by molar-refractivity contribution is -0.130. The fourth-order valence-corrected chi connectivity index (χ4v) is 4.49. The molecule has 0 radical (unpaired) electrons. The third-order valence-corrected chi connectivity index (χ3v) is 6.17. The number of fused-ring (bicyclic) bond motifs is 1. The summed E-state index contributed by atoms with van der Waals surface area (Å²) in [5.41, 5.74) is 1.35. The molecule has 2 fully saturated rings. The summed E-state index contributed by atoms with van der Waals surface area (Å²) in [7, 11) is 0. The van der Waals surface area contributed by atoms with Gasteiger partial charge in [-0.25, -0.2) is 4.98 Å². The molecule has 0 N–H and O–H groups in total. The Balaban J connectivity index is 1.57. The molecule has 152 valence electrons. The minimum Gasteiger partial charge on any atom is -0.339 e. The van der Waals surface area contributed by atoms with Gasteiger partial charge in [0.2, 0.25) is 5.91 Å². The highest BCUT2D eigenvalue weighted by Crippen LogP contribution is 2.24. The van der Waals surface area contributed by atoms with Crippen LogP contribution in [0.2, 0.25) is 0 Å². The summed E-state index contributed by atoms with van der Waals surface area (Å²) in [5, 5.41) is 0. The highest BCUT2D eigenvalue weighted by atomic mass is 16.2. The summed E-state index contributed by atoms with van der Waals surface area (Å²) < 4.78 is 1.99. The number of carbonyl (C=O) groups is 3. The standard InChI is InChI=1S/C20H29N5O3/c1-15(26)22-11-13-24(14-12-22)19(27)17-16-7-3-6-10-25(16)18(21-17)20(28)23-8-4-2-5-9-23/h2-14H2,1H3. The number of piperidine rings is 1. The molecule has 28 heavy (non-hydrogen) atoms. The first-order chi connectivity index (χ1) is 13.6. The molecule has 8 nitrogen and oxygen atoms in total. The molecule has 3 aliphatic heterocycles. The molecule has 0 aliphatic carbocycles. The van der Waals surface area contributed by atoms with Crippen molar-refractivity contribution in [2.24, 2.45) is 0 Å². The Labute approximate surface area is 165 Å². The lowest BCUT2D eigenvalue weighted by Gasteiger charge is -2.34.